The van der Waals surface area contributed by atoms with Gasteiger partial charge in [0.05, 0.1) is 5.02 Å². The SMILES string of the molecule is CC(=O)N(CC(=O)Nc1ccc(Br)cc1)c1ccc(F)c(Cl)c1. The molecule has 0 bridgehead atoms. The first-order valence-electron chi connectivity index (χ1n) is 6.65. The highest BCUT2D eigenvalue weighted by Gasteiger charge is 2.17. The van der Waals surface area contributed by atoms with Crippen LogP contribution in [0.3, 0.4) is 0 Å². The molecule has 2 amide bonds. The van der Waals surface area contributed by atoms with E-state index in [1.165, 1.54) is 24.0 Å². The fourth-order valence-electron chi connectivity index (χ4n) is 1.91. The van der Waals surface area contributed by atoms with Gasteiger partial charge in [0, 0.05) is 22.8 Å². The van der Waals surface area contributed by atoms with Crippen molar-refractivity contribution in [2.45, 2.75) is 6.92 Å². The lowest BCUT2D eigenvalue weighted by molar-refractivity contribution is -0.120. The average Bonchev–Trinajstić information content (AvgIpc) is 2.50. The zero-order chi connectivity index (χ0) is 17.0. The van der Waals surface area contributed by atoms with Gasteiger partial charge in [-0.05, 0) is 42.5 Å². The number of benzene rings is 2. The molecule has 2 rings (SSSR count). The van der Waals surface area contributed by atoms with Gasteiger partial charge in [0.25, 0.3) is 0 Å². The summed E-state index contributed by atoms with van der Waals surface area (Å²) in [6, 6.07) is 10.9. The van der Waals surface area contributed by atoms with Gasteiger partial charge >= 0.3 is 0 Å². The predicted octanol–water partition coefficient (Wildman–Crippen LogP) is 4.23. The van der Waals surface area contributed by atoms with Crippen molar-refractivity contribution < 1.29 is 14.0 Å². The summed E-state index contributed by atoms with van der Waals surface area (Å²) in [6.07, 6.45) is 0. The van der Waals surface area contributed by atoms with Crippen LogP contribution in [0.2, 0.25) is 5.02 Å². The first-order chi connectivity index (χ1) is 10.9. The highest BCUT2D eigenvalue weighted by molar-refractivity contribution is 9.10. The van der Waals surface area contributed by atoms with E-state index < -0.39 is 5.82 Å². The molecular weight excluding hydrogens is 387 g/mol. The standard InChI is InChI=1S/C16H13BrClFN2O2/c1-10(22)21(13-6-7-15(19)14(18)8-13)9-16(23)20-12-4-2-11(17)3-5-12/h2-8H,9H2,1H3,(H,20,23). The Bertz CT molecular complexity index is 737. The minimum atomic E-state index is -0.585. The third-order valence-electron chi connectivity index (χ3n) is 3.02. The number of amides is 2. The lowest BCUT2D eigenvalue weighted by Crippen LogP contribution is -2.36. The normalized spacial score (nSPS) is 10.3. The summed E-state index contributed by atoms with van der Waals surface area (Å²) in [7, 11) is 0. The Morgan fingerprint density at radius 2 is 1.87 bits per heavy atom. The zero-order valence-corrected chi connectivity index (χ0v) is 14.5. The Kier molecular flexibility index (Phi) is 5.74. The lowest BCUT2D eigenvalue weighted by Gasteiger charge is -2.21. The van der Waals surface area contributed by atoms with Crippen LogP contribution in [0.1, 0.15) is 6.92 Å². The number of nitrogens with one attached hydrogen (secondary N) is 1. The maximum atomic E-state index is 13.2. The summed E-state index contributed by atoms with van der Waals surface area (Å²) in [5.41, 5.74) is 0.966. The van der Waals surface area contributed by atoms with Crippen LogP contribution < -0.4 is 10.2 Å². The Balaban J connectivity index is 2.12. The van der Waals surface area contributed by atoms with Crippen LogP contribution in [0.25, 0.3) is 0 Å². The molecular formula is C16H13BrClFN2O2. The van der Waals surface area contributed by atoms with Crippen molar-refractivity contribution in [3.05, 3.63) is 57.8 Å². The molecule has 2 aromatic carbocycles. The number of rotatable bonds is 4. The van der Waals surface area contributed by atoms with Crippen LogP contribution in [0.5, 0.6) is 0 Å². The molecule has 0 fully saturated rings. The molecule has 120 valence electrons. The van der Waals surface area contributed by atoms with E-state index in [1.54, 1.807) is 24.3 Å². The van der Waals surface area contributed by atoms with Crippen molar-refractivity contribution in [1.82, 2.24) is 0 Å². The Labute approximate surface area is 146 Å². The van der Waals surface area contributed by atoms with Crippen molar-refractivity contribution in [3.63, 3.8) is 0 Å². The van der Waals surface area contributed by atoms with E-state index in [-0.39, 0.29) is 23.4 Å². The number of halogens is 3. The molecule has 0 aliphatic rings. The zero-order valence-electron chi connectivity index (χ0n) is 12.1. The monoisotopic (exact) mass is 398 g/mol. The topological polar surface area (TPSA) is 49.4 Å². The number of nitrogens with zero attached hydrogens (tertiary/aromatic N) is 1. The van der Waals surface area contributed by atoms with E-state index in [2.05, 4.69) is 21.2 Å². The van der Waals surface area contributed by atoms with E-state index in [0.29, 0.717) is 11.4 Å². The number of hydrogen-bond acceptors (Lipinski definition) is 2. The molecule has 0 unspecified atom stereocenters. The van der Waals surface area contributed by atoms with Gasteiger partial charge in [-0.25, -0.2) is 4.39 Å². The minimum Gasteiger partial charge on any atom is -0.325 e. The third kappa shape index (κ3) is 4.77. The molecule has 0 aliphatic heterocycles. The first kappa shape index (κ1) is 17.4. The first-order valence-corrected chi connectivity index (χ1v) is 7.82. The molecule has 0 radical (unpaired) electrons. The molecule has 23 heavy (non-hydrogen) atoms. The van der Waals surface area contributed by atoms with Crippen molar-refractivity contribution >= 4 is 50.7 Å². The molecule has 2 aromatic rings. The molecule has 0 aliphatic carbocycles. The van der Waals surface area contributed by atoms with E-state index in [9.17, 15) is 14.0 Å². The summed E-state index contributed by atoms with van der Waals surface area (Å²) in [5.74, 6) is -1.31. The van der Waals surface area contributed by atoms with E-state index in [4.69, 9.17) is 11.6 Å². The highest BCUT2D eigenvalue weighted by Crippen LogP contribution is 2.23. The molecule has 0 saturated heterocycles. The molecule has 0 spiro atoms. The fraction of sp³-hybridized carbons (Fsp3) is 0.125. The summed E-state index contributed by atoms with van der Waals surface area (Å²) in [6.45, 7) is 1.12. The van der Waals surface area contributed by atoms with Crippen LogP contribution in [0.4, 0.5) is 15.8 Å². The molecule has 0 saturated carbocycles. The second-order valence-corrected chi connectivity index (χ2v) is 6.08. The van der Waals surface area contributed by atoms with Gasteiger partial charge in [-0.1, -0.05) is 27.5 Å². The van der Waals surface area contributed by atoms with Crippen LogP contribution in [0, 0.1) is 5.82 Å². The van der Waals surface area contributed by atoms with Gasteiger partial charge in [0.1, 0.15) is 12.4 Å². The fourth-order valence-corrected chi connectivity index (χ4v) is 2.35. The van der Waals surface area contributed by atoms with E-state index in [1.807, 2.05) is 0 Å². The highest BCUT2D eigenvalue weighted by atomic mass is 79.9. The van der Waals surface area contributed by atoms with Crippen LogP contribution in [-0.2, 0) is 9.59 Å². The summed E-state index contributed by atoms with van der Waals surface area (Å²) >= 11 is 9.03. The van der Waals surface area contributed by atoms with Crippen LogP contribution in [0.15, 0.2) is 46.9 Å². The van der Waals surface area contributed by atoms with Gasteiger partial charge < -0.3 is 10.2 Å². The Morgan fingerprint density at radius 3 is 2.43 bits per heavy atom. The van der Waals surface area contributed by atoms with Crippen LogP contribution >= 0.6 is 27.5 Å². The number of hydrogen-bond donors (Lipinski definition) is 1. The Morgan fingerprint density at radius 1 is 1.22 bits per heavy atom. The van der Waals surface area contributed by atoms with Gasteiger partial charge in [-0.2, -0.15) is 0 Å². The van der Waals surface area contributed by atoms with Crippen molar-refractivity contribution in [1.29, 1.82) is 0 Å². The molecule has 7 heteroatoms. The van der Waals surface area contributed by atoms with Crippen molar-refractivity contribution in [2.24, 2.45) is 0 Å². The largest absolute Gasteiger partial charge is 0.325 e. The maximum Gasteiger partial charge on any atom is 0.244 e. The molecule has 0 aromatic heterocycles. The second-order valence-electron chi connectivity index (χ2n) is 4.76. The quantitative estimate of drug-likeness (QED) is 0.836. The molecule has 1 N–H and O–H groups in total. The summed E-state index contributed by atoms with van der Waals surface area (Å²) in [4.78, 5) is 25.1. The predicted molar refractivity (Wildman–Crippen MR) is 92.2 cm³/mol. The summed E-state index contributed by atoms with van der Waals surface area (Å²) < 4.78 is 14.1. The van der Waals surface area contributed by atoms with Gasteiger partial charge in [-0.15, -0.1) is 0 Å². The molecule has 0 atom stereocenters. The Hall–Kier alpha value is -1.92. The smallest absolute Gasteiger partial charge is 0.244 e. The van der Waals surface area contributed by atoms with Gasteiger partial charge in [0.15, 0.2) is 0 Å². The van der Waals surface area contributed by atoms with Crippen molar-refractivity contribution in [3.8, 4) is 0 Å². The van der Waals surface area contributed by atoms with Crippen LogP contribution in [-0.4, -0.2) is 18.4 Å². The number of carbonyl (C=O) groups excluding carboxylic acids is 2. The van der Waals surface area contributed by atoms with E-state index in [0.717, 1.165) is 10.5 Å². The van der Waals surface area contributed by atoms with Crippen molar-refractivity contribution in [2.75, 3.05) is 16.8 Å². The van der Waals surface area contributed by atoms with E-state index >= 15 is 0 Å². The third-order valence-corrected chi connectivity index (χ3v) is 3.84. The molecule has 4 nitrogen and oxygen atoms in total. The summed E-state index contributed by atoms with van der Waals surface area (Å²) in [5, 5.41) is 2.58. The number of anilines is 2. The second kappa shape index (κ2) is 7.57. The number of carbonyl (C=O) groups is 2. The van der Waals surface area contributed by atoms with Gasteiger partial charge in [-0.3, -0.25) is 9.59 Å². The minimum absolute atomic E-state index is 0.109. The molecule has 0 heterocycles. The van der Waals surface area contributed by atoms with Gasteiger partial charge in [0.2, 0.25) is 11.8 Å². The average molecular weight is 400 g/mol. The maximum absolute atomic E-state index is 13.2. The lowest BCUT2D eigenvalue weighted by atomic mass is 10.2.